The van der Waals surface area contributed by atoms with Crippen LogP contribution in [0.2, 0.25) is 0 Å². The second kappa shape index (κ2) is 6.38. The summed E-state index contributed by atoms with van der Waals surface area (Å²) in [5.41, 5.74) is 2.31. The van der Waals surface area contributed by atoms with Gasteiger partial charge >= 0.3 is 16.4 Å². The van der Waals surface area contributed by atoms with Crippen LogP contribution in [-0.2, 0) is 19.5 Å². The highest BCUT2D eigenvalue weighted by molar-refractivity contribution is 7.80. The molecule has 0 aromatic rings. The maximum absolute atomic E-state index is 12.7. The summed E-state index contributed by atoms with van der Waals surface area (Å²) in [5, 5.41) is 2.53. The van der Waals surface area contributed by atoms with Crippen molar-refractivity contribution < 1.29 is 26.8 Å². The number of nitrogens with zero attached hydrogens (tertiary/aromatic N) is 3. The zero-order chi connectivity index (χ0) is 18.4. The molecule has 0 aromatic heterocycles. The zero-order valence-electron chi connectivity index (χ0n) is 14.3. The fourth-order valence-corrected chi connectivity index (χ4v) is 4.19. The Balaban J connectivity index is 1.77. The van der Waals surface area contributed by atoms with Crippen LogP contribution in [0.4, 0.5) is 4.79 Å². The molecule has 2 bridgehead atoms. The van der Waals surface area contributed by atoms with Crippen molar-refractivity contribution in [3.8, 4) is 0 Å². The third-order valence-electron chi connectivity index (χ3n) is 5.19. The molecule has 3 aliphatic heterocycles. The van der Waals surface area contributed by atoms with E-state index in [0.29, 0.717) is 11.5 Å². The number of hydrazine groups is 1. The van der Waals surface area contributed by atoms with Crippen LogP contribution in [0.3, 0.4) is 0 Å². The Labute approximate surface area is 146 Å². The van der Waals surface area contributed by atoms with Crippen molar-refractivity contribution in [1.29, 1.82) is 0 Å². The van der Waals surface area contributed by atoms with Crippen molar-refractivity contribution in [3.63, 3.8) is 0 Å². The van der Waals surface area contributed by atoms with Gasteiger partial charge in [-0.2, -0.15) is 13.5 Å². The topological polar surface area (TPSA) is 119 Å². The maximum Gasteiger partial charge on any atom is 0.418 e. The monoisotopic (exact) mass is 376 g/mol. The number of urea groups is 1. The lowest BCUT2D eigenvalue weighted by Gasteiger charge is -2.41. The van der Waals surface area contributed by atoms with Crippen LogP contribution in [0.5, 0.6) is 0 Å². The molecule has 10 nitrogen and oxygen atoms in total. The van der Waals surface area contributed by atoms with Crippen LogP contribution in [0.15, 0.2) is 0 Å². The van der Waals surface area contributed by atoms with Gasteiger partial charge in [-0.15, -0.1) is 4.28 Å². The summed E-state index contributed by atoms with van der Waals surface area (Å²) in [6.07, 6.45) is 3.53. The van der Waals surface area contributed by atoms with E-state index >= 15 is 0 Å². The summed E-state index contributed by atoms with van der Waals surface area (Å²) in [4.78, 5) is 26.5. The van der Waals surface area contributed by atoms with Crippen LogP contribution >= 0.6 is 0 Å². The average molecular weight is 376 g/mol. The third kappa shape index (κ3) is 3.73. The normalized spacial score (nSPS) is 29.8. The molecule has 25 heavy (non-hydrogen) atoms. The highest BCUT2D eigenvalue weighted by Crippen LogP contribution is 2.42. The van der Waals surface area contributed by atoms with Crippen molar-refractivity contribution >= 4 is 22.3 Å². The van der Waals surface area contributed by atoms with Crippen molar-refractivity contribution in [1.82, 2.24) is 20.4 Å². The number of nitrogens with one attached hydrogen (secondary N) is 1. The van der Waals surface area contributed by atoms with Gasteiger partial charge in [0.15, 0.2) is 0 Å². The molecule has 3 heterocycles. The SMILES string of the molecule is CC1(C)C[C@@H](C(=O)NN2CCCCC2)N2C[C@H]1N(OS(=O)(=O)O)C2=O. The first-order valence-corrected chi connectivity index (χ1v) is 9.77. The van der Waals surface area contributed by atoms with E-state index in [-0.39, 0.29) is 12.5 Å². The first kappa shape index (κ1) is 18.4. The standard InChI is InChI=1S/C14H24N4O6S/c1-14(2)8-10(12(19)15-16-6-4-3-5-7-16)17-9-11(14)18(13(17)20)24-25(21,22)23/h10-11H,3-9H2,1-2H3,(H,15,19)(H,21,22,23)/t10-,11+/m0/s1. The van der Waals surface area contributed by atoms with Crippen molar-refractivity contribution in [2.24, 2.45) is 5.41 Å². The van der Waals surface area contributed by atoms with Crippen LogP contribution in [0.1, 0.15) is 39.5 Å². The fraction of sp³-hybridized carbons (Fsp3) is 0.857. The Kier molecular flexibility index (Phi) is 4.69. The predicted molar refractivity (Wildman–Crippen MR) is 86.1 cm³/mol. The molecule has 3 amide bonds. The Hall–Kier alpha value is -1.43. The second-order valence-corrected chi connectivity index (χ2v) is 8.52. The number of hydrogen-bond acceptors (Lipinski definition) is 6. The Morgan fingerprint density at radius 1 is 1.28 bits per heavy atom. The maximum atomic E-state index is 12.7. The van der Waals surface area contributed by atoms with Gasteiger partial charge < -0.3 is 4.90 Å². The van der Waals surface area contributed by atoms with Crippen LogP contribution in [0, 0.1) is 5.41 Å². The Morgan fingerprint density at radius 3 is 2.52 bits per heavy atom. The Bertz CT molecular complexity index is 660. The molecule has 0 aliphatic carbocycles. The van der Waals surface area contributed by atoms with E-state index in [4.69, 9.17) is 4.55 Å². The van der Waals surface area contributed by atoms with E-state index in [2.05, 4.69) is 9.71 Å². The van der Waals surface area contributed by atoms with Crippen LogP contribution in [0.25, 0.3) is 0 Å². The third-order valence-corrected chi connectivity index (χ3v) is 5.54. The molecule has 2 atom stereocenters. The first-order chi connectivity index (χ1) is 11.6. The molecule has 11 heteroatoms. The van der Waals surface area contributed by atoms with E-state index < -0.39 is 33.9 Å². The molecule has 3 rings (SSSR count). The van der Waals surface area contributed by atoms with E-state index in [0.717, 1.165) is 32.4 Å². The second-order valence-electron chi connectivity index (χ2n) is 7.51. The van der Waals surface area contributed by atoms with E-state index in [1.54, 1.807) is 0 Å². The first-order valence-electron chi connectivity index (χ1n) is 8.41. The van der Waals surface area contributed by atoms with Gasteiger partial charge in [-0.25, -0.2) is 9.80 Å². The number of rotatable bonds is 4. The minimum Gasteiger partial charge on any atom is -0.309 e. The molecule has 0 unspecified atom stereocenters. The summed E-state index contributed by atoms with van der Waals surface area (Å²) in [5.74, 6) is -0.282. The number of amides is 3. The van der Waals surface area contributed by atoms with Gasteiger partial charge in [0.25, 0.3) is 5.91 Å². The number of hydrogen-bond donors (Lipinski definition) is 2. The van der Waals surface area contributed by atoms with E-state index in [1.165, 1.54) is 4.90 Å². The molecule has 0 radical (unpaired) electrons. The zero-order valence-corrected chi connectivity index (χ0v) is 15.2. The van der Waals surface area contributed by atoms with Crippen LogP contribution in [-0.4, -0.2) is 71.6 Å². The quantitative estimate of drug-likeness (QED) is 0.670. The molecule has 3 aliphatic rings. The molecule has 3 fully saturated rings. The van der Waals surface area contributed by atoms with Crippen molar-refractivity contribution in [2.45, 2.75) is 51.6 Å². The van der Waals surface area contributed by atoms with Gasteiger partial charge in [-0.1, -0.05) is 20.3 Å². The number of piperidine rings is 2. The lowest BCUT2D eigenvalue weighted by Crippen LogP contribution is -2.57. The van der Waals surface area contributed by atoms with Gasteiger partial charge in [0.05, 0.1) is 6.04 Å². The lowest BCUT2D eigenvalue weighted by atomic mass is 9.76. The van der Waals surface area contributed by atoms with E-state index in [1.807, 2.05) is 18.9 Å². The molecular formula is C14H24N4O6S. The lowest BCUT2D eigenvalue weighted by molar-refractivity contribution is -0.133. The highest BCUT2D eigenvalue weighted by Gasteiger charge is 2.57. The molecular weight excluding hydrogens is 352 g/mol. The van der Waals surface area contributed by atoms with Gasteiger partial charge in [0.1, 0.15) is 6.04 Å². The number of carbonyl (C=O) groups excluding carboxylic acids is 2. The molecule has 3 saturated heterocycles. The van der Waals surface area contributed by atoms with Gasteiger partial charge in [-0.05, 0) is 24.7 Å². The number of carbonyl (C=O) groups is 2. The van der Waals surface area contributed by atoms with Crippen LogP contribution < -0.4 is 5.43 Å². The largest absolute Gasteiger partial charge is 0.418 e. The molecule has 142 valence electrons. The molecule has 2 N–H and O–H groups in total. The minimum atomic E-state index is -4.82. The predicted octanol–water partition coefficient (Wildman–Crippen LogP) is 0.143. The molecule has 0 aromatic carbocycles. The van der Waals surface area contributed by atoms with Crippen molar-refractivity contribution in [3.05, 3.63) is 0 Å². The summed E-state index contributed by atoms with van der Waals surface area (Å²) >= 11 is 0. The summed E-state index contributed by atoms with van der Waals surface area (Å²) in [7, 11) is -4.82. The van der Waals surface area contributed by atoms with Gasteiger partial charge in [0.2, 0.25) is 0 Å². The minimum absolute atomic E-state index is 0.166. The van der Waals surface area contributed by atoms with E-state index in [9.17, 15) is 18.0 Å². The number of hydroxylamine groups is 2. The number of fused-ring (bicyclic) bond motifs is 2. The summed E-state index contributed by atoms with van der Waals surface area (Å²) in [6.45, 7) is 5.40. The van der Waals surface area contributed by atoms with Gasteiger partial charge in [-0.3, -0.25) is 14.8 Å². The van der Waals surface area contributed by atoms with Crippen molar-refractivity contribution in [2.75, 3.05) is 19.6 Å². The smallest absolute Gasteiger partial charge is 0.309 e. The highest BCUT2D eigenvalue weighted by atomic mass is 32.3. The molecule has 0 saturated carbocycles. The fourth-order valence-electron chi connectivity index (χ4n) is 3.82. The van der Waals surface area contributed by atoms with Gasteiger partial charge in [0, 0.05) is 19.6 Å². The summed E-state index contributed by atoms with van der Waals surface area (Å²) in [6, 6.07) is -2.01. The average Bonchev–Trinajstić information content (AvgIpc) is 2.79. The summed E-state index contributed by atoms with van der Waals surface area (Å²) < 4.78 is 35.5. The molecule has 0 spiro atoms. The Morgan fingerprint density at radius 2 is 1.92 bits per heavy atom.